The molecule has 2 heterocycles. The van der Waals surface area contributed by atoms with Gasteiger partial charge in [-0.05, 0) is 13.0 Å². The summed E-state index contributed by atoms with van der Waals surface area (Å²) in [5.74, 6) is 0.0145. The predicted molar refractivity (Wildman–Crippen MR) is 75.0 cm³/mol. The molecule has 0 spiro atoms. The third kappa shape index (κ3) is 2.81. The van der Waals surface area contributed by atoms with Crippen LogP contribution in [-0.4, -0.2) is 62.1 Å². The first kappa shape index (κ1) is 16.4. The van der Waals surface area contributed by atoms with Gasteiger partial charge in [0.1, 0.15) is 24.6 Å². The molecule has 1 aromatic heterocycles. The van der Waals surface area contributed by atoms with Crippen LogP contribution in [0.2, 0.25) is 0 Å². The van der Waals surface area contributed by atoms with Crippen molar-refractivity contribution in [1.82, 2.24) is 9.55 Å². The fourth-order valence-electron chi connectivity index (χ4n) is 2.13. The van der Waals surface area contributed by atoms with Crippen LogP contribution in [0, 0.1) is 0 Å². The van der Waals surface area contributed by atoms with Crippen molar-refractivity contribution >= 4 is 12.0 Å². The third-order valence-corrected chi connectivity index (χ3v) is 3.30. The standard InChI is InChI=1S/C12H18N4O6/c1-2-21-14-5-12(6-17)9(19)8(18)10(22-12)16-4-3-7(13)15-11(16)20/h3-5,8-10,17-19H,2,6H2,1H3,(H2,13,15,20)/t8-,9+,10-,12-/m1/s1. The molecule has 0 unspecified atom stereocenters. The highest BCUT2D eigenvalue weighted by Gasteiger charge is 2.54. The zero-order valence-electron chi connectivity index (χ0n) is 11.9. The fraction of sp³-hybridized carbons (Fsp3) is 0.583. The molecule has 10 heteroatoms. The molecule has 0 radical (unpaired) electrons. The Labute approximate surface area is 125 Å². The molecule has 0 bridgehead atoms. The zero-order chi connectivity index (χ0) is 16.3. The van der Waals surface area contributed by atoms with Crippen molar-refractivity contribution in [1.29, 1.82) is 0 Å². The molecule has 1 fully saturated rings. The minimum absolute atomic E-state index is 0.0145. The third-order valence-electron chi connectivity index (χ3n) is 3.30. The van der Waals surface area contributed by atoms with Crippen molar-refractivity contribution in [2.75, 3.05) is 18.9 Å². The van der Waals surface area contributed by atoms with Crippen molar-refractivity contribution in [3.05, 3.63) is 22.7 Å². The summed E-state index contributed by atoms with van der Waals surface area (Å²) in [5, 5.41) is 33.3. The van der Waals surface area contributed by atoms with E-state index in [1.807, 2.05) is 0 Å². The highest BCUT2D eigenvalue weighted by Crippen LogP contribution is 2.35. The number of oxime groups is 1. The van der Waals surface area contributed by atoms with Crippen molar-refractivity contribution in [2.24, 2.45) is 5.16 Å². The van der Waals surface area contributed by atoms with E-state index in [2.05, 4.69) is 10.1 Å². The maximum atomic E-state index is 11.8. The normalized spacial score (nSPS) is 31.7. The van der Waals surface area contributed by atoms with Gasteiger partial charge in [0.2, 0.25) is 0 Å². The molecule has 2 rings (SSSR count). The lowest BCUT2D eigenvalue weighted by Crippen LogP contribution is -2.47. The number of aromatic nitrogens is 2. The molecule has 122 valence electrons. The van der Waals surface area contributed by atoms with Crippen LogP contribution < -0.4 is 11.4 Å². The van der Waals surface area contributed by atoms with Gasteiger partial charge in [-0.1, -0.05) is 5.16 Å². The summed E-state index contributed by atoms with van der Waals surface area (Å²) in [4.78, 5) is 20.1. The van der Waals surface area contributed by atoms with E-state index in [0.29, 0.717) is 0 Å². The summed E-state index contributed by atoms with van der Waals surface area (Å²) in [5.41, 5.74) is 2.94. The van der Waals surface area contributed by atoms with Gasteiger partial charge in [0.15, 0.2) is 11.8 Å². The second-order valence-electron chi connectivity index (χ2n) is 4.75. The highest BCUT2D eigenvalue weighted by molar-refractivity contribution is 5.70. The van der Waals surface area contributed by atoms with Gasteiger partial charge in [0.05, 0.1) is 12.8 Å². The molecule has 1 aliphatic heterocycles. The SMILES string of the molecule is CCON=C[C@]1(CO)O[C@@H](n2ccc(N)nc2=O)[C@H](O)[C@@H]1O. The minimum atomic E-state index is -1.69. The number of anilines is 1. The molecule has 1 aliphatic rings. The summed E-state index contributed by atoms with van der Waals surface area (Å²) in [6.45, 7) is 1.31. The molecule has 1 aromatic rings. The van der Waals surface area contributed by atoms with E-state index in [1.54, 1.807) is 6.92 Å². The van der Waals surface area contributed by atoms with E-state index in [-0.39, 0.29) is 12.4 Å². The summed E-state index contributed by atoms with van der Waals surface area (Å²) in [6.07, 6.45) is -1.92. The van der Waals surface area contributed by atoms with Crippen LogP contribution in [0.1, 0.15) is 13.2 Å². The van der Waals surface area contributed by atoms with Gasteiger partial charge in [-0.15, -0.1) is 0 Å². The monoisotopic (exact) mass is 314 g/mol. The molecule has 22 heavy (non-hydrogen) atoms. The zero-order valence-corrected chi connectivity index (χ0v) is 11.9. The molecule has 0 saturated carbocycles. The van der Waals surface area contributed by atoms with Gasteiger partial charge in [-0.2, -0.15) is 4.98 Å². The van der Waals surface area contributed by atoms with Crippen LogP contribution >= 0.6 is 0 Å². The van der Waals surface area contributed by atoms with Crippen LogP contribution in [-0.2, 0) is 9.57 Å². The molecule has 0 aliphatic carbocycles. The maximum absolute atomic E-state index is 11.8. The van der Waals surface area contributed by atoms with Gasteiger partial charge in [0.25, 0.3) is 0 Å². The number of nitrogens with zero attached hydrogens (tertiary/aromatic N) is 3. The lowest BCUT2D eigenvalue weighted by atomic mass is 9.97. The van der Waals surface area contributed by atoms with Crippen LogP contribution in [0.15, 0.2) is 22.2 Å². The number of rotatable bonds is 5. The van der Waals surface area contributed by atoms with Crippen LogP contribution in [0.3, 0.4) is 0 Å². The van der Waals surface area contributed by atoms with Crippen molar-refractivity contribution in [3.8, 4) is 0 Å². The fourth-order valence-corrected chi connectivity index (χ4v) is 2.13. The number of aliphatic hydroxyl groups is 3. The smallest absolute Gasteiger partial charge is 0.351 e. The largest absolute Gasteiger partial charge is 0.396 e. The van der Waals surface area contributed by atoms with E-state index in [9.17, 15) is 20.1 Å². The van der Waals surface area contributed by atoms with Crippen LogP contribution in [0.5, 0.6) is 0 Å². The van der Waals surface area contributed by atoms with E-state index >= 15 is 0 Å². The van der Waals surface area contributed by atoms with Crippen molar-refractivity contribution < 1.29 is 24.9 Å². The molecule has 1 saturated heterocycles. The lowest BCUT2D eigenvalue weighted by molar-refractivity contribution is -0.0861. The Balaban J connectivity index is 2.34. The van der Waals surface area contributed by atoms with Crippen molar-refractivity contribution in [3.63, 3.8) is 0 Å². The van der Waals surface area contributed by atoms with E-state index in [1.165, 1.54) is 12.3 Å². The van der Waals surface area contributed by atoms with Gasteiger partial charge in [-0.3, -0.25) is 4.57 Å². The van der Waals surface area contributed by atoms with E-state index in [0.717, 1.165) is 10.8 Å². The second-order valence-corrected chi connectivity index (χ2v) is 4.75. The number of hydrogen-bond acceptors (Lipinski definition) is 9. The number of ether oxygens (including phenoxy) is 1. The highest BCUT2D eigenvalue weighted by atomic mass is 16.6. The Morgan fingerprint density at radius 1 is 1.64 bits per heavy atom. The predicted octanol–water partition coefficient (Wildman–Crippen LogP) is -2.17. The molecule has 10 nitrogen and oxygen atoms in total. The van der Waals surface area contributed by atoms with Crippen molar-refractivity contribution in [2.45, 2.75) is 31.0 Å². The average Bonchev–Trinajstić information content (AvgIpc) is 2.73. The first-order valence-corrected chi connectivity index (χ1v) is 6.61. The summed E-state index contributed by atoms with van der Waals surface area (Å²) in [7, 11) is 0. The van der Waals surface area contributed by atoms with Gasteiger partial charge in [-0.25, -0.2) is 4.79 Å². The first-order valence-electron chi connectivity index (χ1n) is 6.61. The molecule has 0 aromatic carbocycles. The quantitative estimate of drug-likeness (QED) is 0.354. The van der Waals surface area contributed by atoms with Gasteiger partial charge >= 0.3 is 5.69 Å². The maximum Gasteiger partial charge on any atom is 0.351 e. The topological polar surface area (TPSA) is 152 Å². The number of hydrogen-bond donors (Lipinski definition) is 4. The Hall–Kier alpha value is -2.01. The minimum Gasteiger partial charge on any atom is -0.396 e. The molecular weight excluding hydrogens is 296 g/mol. The molecular formula is C12H18N4O6. The van der Waals surface area contributed by atoms with E-state index in [4.69, 9.17) is 15.3 Å². The van der Waals surface area contributed by atoms with Gasteiger partial charge < -0.3 is 30.6 Å². The number of nitrogens with two attached hydrogens (primary N) is 1. The number of aliphatic hydroxyl groups excluding tert-OH is 3. The summed E-state index contributed by atoms with van der Waals surface area (Å²) < 4.78 is 6.45. The Bertz CT molecular complexity index is 606. The summed E-state index contributed by atoms with van der Waals surface area (Å²) >= 11 is 0. The summed E-state index contributed by atoms with van der Waals surface area (Å²) in [6, 6.07) is 1.34. The lowest BCUT2D eigenvalue weighted by Gasteiger charge is -2.24. The van der Waals surface area contributed by atoms with Crippen LogP contribution in [0.4, 0.5) is 5.82 Å². The Morgan fingerprint density at radius 3 is 2.95 bits per heavy atom. The van der Waals surface area contributed by atoms with Crippen LogP contribution in [0.25, 0.3) is 0 Å². The van der Waals surface area contributed by atoms with Gasteiger partial charge in [0, 0.05) is 6.20 Å². The Kier molecular flexibility index (Phi) is 4.76. The van der Waals surface area contributed by atoms with E-state index < -0.39 is 36.3 Å². The molecule has 0 amide bonds. The second kappa shape index (κ2) is 6.40. The molecule has 4 atom stereocenters. The first-order chi connectivity index (χ1) is 10.4. The average molecular weight is 314 g/mol. The number of nitrogen functional groups attached to an aromatic ring is 1. The molecule has 5 N–H and O–H groups in total. The Morgan fingerprint density at radius 2 is 2.36 bits per heavy atom.